The molecule has 1 aliphatic rings. The smallest absolute Gasteiger partial charge is 0.162 e. The van der Waals surface area contributed by atoms with Gasteiger partial charge in [0.15, 0.2) is 5.65 Å². The Labute approximate surface area is 192 Å². The molecular weight excluding hydrogens is 408 g/mol. The molecule has 6 rings (SSSR count). The molecule has 3 aromatic heterocycles. The first-order chi connectivity index (χ1) is 16.2. The monoisotopic (exact) mass is 434 g/mol. The lowest BCUT2D eigenvalue weighted by atomic mass is 10.0. The van der Waals surface area contributed by atoms with E-state index in [1.807, 2.05) is 47.4 Å². The molecular formula is C27H26N6. The topological polar surface area (TPSA) is 58.4 Å². The van der Waals surface area contributed by atoms with Crippen LogP contribution in [-0.2, 0) is 0 Å². The summed E-state index contributed by atoms with van der Waals surface area (Å²) in [4.78, 5) is 11.8. The third-order valence-corrected chi connectivity index (χ3v) is 6.59. The Bertz CT molecular complexity index is 1430. The van der Waals surface area contributed by atoms with Crippen LogP contribution in [0, 0.1) is 0 Å². The molecule has 1 fully saturated rings. The van der Waals surface area contributed by atoms with E-state index in [4.69, 9.17) is 4.98 Å². The molecule has 4 heterocycles. The summed E-state index contributed by atoms with van der Waals surface area (Å²) in [6, 6.07) is 20.0. The highest BCUT2D eigenvalue weighted by atomic mass is 15.2. The number of hydrogen-bond donors (Lipinski definition) is 1. The van der Waals surface area contributed by atoms with Crippen LogP contribution in [0.5, 0.6) is 0 Å². The molecule has 1 N–H and O–H groups in total. The molecule has 0 unspecified atom stereocenters. The first kappa shape index (κ1) is 19.9. The SMILES string of the molecule is C[C@H]1CN(c2ccc(-c3cnc4c(-c5ccnc6ccccc56)cnn4c3)cc2)[C@@H](C)CN1. The number of aromatic nitrogens is 4. The van der Waals surface area contributed by atoms with E-state index in [1.165, 1.54) is 5.69 Å². The van der Waals surface area contributed by atoms with Gasteiger partial charge < -0.3 is 10.2 Å². The molecule has 6 nitrogen and oxygen atoms in total. The highest BCUT2D eigenvalue weighted by Gasteiger charge is 2.22. The van der Waals surface area contributed by atoms with Crippen molar-refractivity contribution in [1.29, 1.82) is 0 Å². The predicted octanol–water partition coefficient (Wildman–Crippen LogP) is 4.80. The van der Waals surface area contributed by atoms with Crippen molar-refractivity contribution in [2.45, 2.75) is 25.9 Å². The third-order valence-electron chi connectivity index (χ3n) is 6.59. The molecule has 0 bridgehead atoms. The van der Waals surface area contributed by atoms with Gasteiger partial charge in [-0.15, -0.1) is 0 Å². The molecule has 0 saturated carbocycles. The van der Waals surface area contributed by atoms with Crippen LogP contribution in [0.3, 0.4) is 0 Å². The molecule has 0 aliphatic carbocycles. The van der Waals surface area contributed by atoms with Crippen LogP contribution in [0.4, 0.5) is 5.69 Å². The third kappa shape index (κ3) is 3.52. The Morgan fingerprint density at radius 2 is 1.73 bits per heavy atom. The van der Waals surface area contributed by atoms with E-state index < -0.39 is 0 Å². The van der Waals surface area contributed by atoms with Crippen LogP contribution in [0.2, 0.25) is 0 Å². The summed E-state index contributed by atoms with van der Waals surface area (Å²) >= 11 is 0. The molecule has 1 aliphatic heterocycles. The van der Waals surface area contributed by atoms with Gasteiger partial charge in [-0.25, -0.2) is 9.50 Å². The highest BCUT2D eigenvalue weighted by Crippen LogP contribution is 2.31. The molecule has 164 valence electrons. The first-order valence-corrected chi connectivity index (χ1v) is 11.5. The summed E-state index contributed by atoms with van der Waals surface area (Å²) in [5.74, 6) is 0. The predicted molar refractivity (Wildman–Crippen MR) is 133 cm³/mol. The number of nitrogens with zero attached hydrogens (tertiary/aromatic N) is 5. The molecule has 2 atom stereocenters. The maximum atomic E-state index is 4.80. The van der Waals surface area contributed by atoms with Gasteiger partial charge in [0.05, 0.1) is 11.7 Å². The number of para-hydroxylation sites is 1. The lowest BCUT2D eigenvalue weighted by Crippen LogP contribution is -2.54. The number of benzene rings is 2. The Morgan fingerprint density at radius 1 is 0.879 bits per heavy atom. The van der Waals surface area contributed by atoms with Crippen molar-refractivity contribution in [3.05, 3.63) is 79.4 Å². The Balaban J connectivity index is 1.34. The van der Waals surface area contributed by atoms with Crippen molar-refractivity contribution in [2.75, 3.05) is 18.0 Å². The second-order valence-corrected chi connectivity index (χ2v) is 8.90. The number of pyridine rings is 1. The number of hydrogen-bond acceptors (Lipinski definition) is 5. The molecule has 1 saturated heterocycles. The van der Waals surface area contributed by atoms with Gasteiger partial charge in [-0.05, 0) is 49.2 Å². The van der Waals surface area contributed by atoms with Gasteiger partial charge in [0.25, 0.3) is 0 Å². The standard InChI is InChI=1S/C27H26N6/c1-18-16-32(19(2)13-29-18)22-9-7-20(8-10-22)21-14-30-27-25(15-31-33(27)17-21)23-11-12-28-26-6-4-3-5-24(23)26/h3-12,14-15,17-19,29H,13,16H2,1-2H3/t18-,19-/m0/s1. The molecule has 0 amide bonds. The van der Waals surface area contributed by atoms with Crippen LogP contribution < -0.4 is 10.2 Å². The fraction of sp³-hybridized carbons (Fsp3) is 0.222. The van der Waals surface area contributed by atoms with Crippen LogP contribution in [-0.4, -0.2) is 44.8 Å². The Hall–Kier alpha value is -3.77. The minimum Gasteiger partial charge on any atom is -0.366 e. The lowest BCUT2D eigenvalue weighted by molar-refractivity contribution is 0.425. The number of fused-ring (bicyclic) bond motifs is 2. The summed E-state index contributed by atoms with van der Waals surface area (Å²) in [6.45, 7) is 6.54. The summed E-state index contributed by atoms with van der Waals surface area (Å²) in [5, 5.41) is 9.27. The van der Waals surface area contributed by atoms with E-state index in [0.29, 0.717) is 12.1 Å². The molecule has 0 radical (unpaired) electrons. The van der Waals surface area contributed by atoms with Crippen LogP contribution in [0.1, 0.15) is 13.8 Å². The van der Waals surface area contributed by atoms with Crippen LogP contribution in [0.15, 0.2) is 79.4 Å². The highest BCUT2D eigenvalue weighted by molar-refractivity contribution is 5.97. The molecule has 0 spiro atoms. The van der Waals surface area contributed by atoms with Gasteiger partial charge in [-0.3, -0.25) is 4.98 Å². The number of anilines is 1. The number of nitrogens with one attached hydrogen (secondary N) is 1. The van der Waals surface area contributed by atoms with Crippen molar-refractivity contribution in [2.24, 2.45) is 0 Å². The van der Waals surface area contributed by atoms with Crippen LogP contribution in [0.25, 0.3) is 38.8 Å². The maximum absolute atomic E-state index is 4.80. The summed E-state index contributed by atoms with van der Waals surface area (Å²) in [7, 11) is 0. The van der Waals surface area contributed by atoms with E-state index >= 15 is 0 Å². The average molecular weight is 435 g/mol. The van der Waals surface area contributed by atoms with E-state index in [2.05, 4.69) is 70.7 Å². The van der Waals surface area contributed by atoms with Crippen molar-refractivity contribution in [3.8, 4) is 22.3 Å². The molecule has 33 heavy (non-hydrogen) atoms. The second kappa shape index (κ2) is 7.98. The first-order valence-electron chi connectivity index (χ1n) is 11.5. The van der Waals surface area contributed by atoms with Gasteiger partial charge in [0.2, 0.25) is 0 Å². The van der Waals surface area contributed by atoms with E-state index in [-0.39, 0.29) is 0 Å². The van der Waals surface area contributed by atoms with Crippen molar-refractivity contribution >= 4 is 22.2 Å². The maximum Gasteiger partial charge on any atom is 0.162 e. The fourth-order valence-corrected chi connectivity index (χ4v) is 4.77. The normalized spacial score (nSPS) is 18.8. The van der Waals surface area contributed by atoms with E-state index in [0.717, 1.165) is 51.9 Å². The summed E-state index contributed by atoms with van der Waals surface area (Å²) in [5.41, 5.74) is 7.37. The summed E-state index contributed by atoms with van der Waals surface area (Å²) < 4.78 is 1.87. The average Bonchev–Trinajstić information content (AvgIpc) is 3.28. The van der Waals surface area contributed by atoms with E-state index in [1.54, 1.807) is 0 Å². The van der Waals surface area contributed by atoms with Gasteiger partial charge in [-0.2, -0.15) is 5.10 Å². The molecule has 6 heteroatoms. The Morgan fingerprint density at radius 3 is 2.61 bits per heavy atom. The van der Waals surface area contributed by atoms with Gasteiger partial charge in [0, 0.05) is 66.0 Å². The van der Waals surface area contributed by atoms with Crippen molar-refractivity contribution in [3.63, 3.8) is 0 Å². The number of rotatable bonds is 3. The van der Waals surface area contributed by atoms with Gasteiger partial charge >= 0.3 is 0 Å². The Kier molecular flexibility index (Phi) is 4.80. The molecule has 5 aromatic rings. The largest absolute Gasteiger partial charge is 0.366 e. The number of piperazine rings is 1. The van der Waals surface area contributed by atoms with Crippen molar-refractivity contribution in [1.82, 2.24) is 24.9 Å². The quantitative estimate of drug-likeness (QED) is 0.442. The minimum absolute atomic E-state index is 0.483. The molecule has 2 aromatic carbocycles. The summed E-state index contributed by atoms with van der Waals surface area (Å²) in [6.07, 6.45) is 7.73. The van der Waals surface area contributed by atoms with Crippen molar-refractivity contribution < 1.29 is 0 Å². The lowest BCUT2D eigenvalue weighted by Gasteiger charge is -2.39. The fourth-order valence-electron chi connectivity index (χ4n) is 4.77. The zero-order valence-electron chi connectivity index (χ0n) is 18.8. The second-order valence-electron chi connectivity index (χ2n) is 8.90. The van der Waals surface area contributed by atoms with Crippen LogP contribution >= 0.6 is 0 Å². The zero-order chi connectivity index (χ0) is 22.4. The zero-order valence-corrected chi connectivity index (χ0v) is 18.8. The van der Waals surface area contributed by atoms with Gasteiger partial charge in [0.1, 0.15) is 0 Å². The van der Waals surface area contributed by atoms with Gasteiger partial charge in [-0.1, -0.05) is 30.3 Å². The van der Waals surface area contributed by atoms with E-state index in [9.17, 15) is 0 Å². The minimum atomic E-state index is 0.483.